The zero-order valence-electron chi connectivity index (χ0n) is 7.82. The van der Waals surface area contributed by atoms with E-state index in [9.17, 15) is 9.59 Å². The Morgan fingerprint density at radius 2 is 2.38 bits per heavy atom. The highest BCUT2D eigenvalue weighted by Gasteiger charge is 2.11. The first-order valence-electron chi connectivity index (χ1n) is 3.91. The summed E-state index contributed by atoms with van der Waals surface area (Å²) < 4.78 is 28.0. The smallest absolute Gasteiger partial charge is 0.321 e. The zero-order valence-corrected chi connectivity index (χ0v) is 3.82. The monoisotopic (exact) mass is 118 g/mol. The molecule has 4 nitrogen and oxygen atoms in total. The minimum atomic E-state index is -2.74. The van der Waals surface area contributed by atoms with Crippen molar-refractivity contribution in [1.29, 1.82) is 0 Å². The van der Waals surface area contributed by atoms with Crippen molar-refractivity contribution in [2.75, 3.05) is 6.50 Å². The van der Waals surface area contributed by atoms with Crippen LogP contribution < -0.4 is 10.6 Å². The van der Waals surface area contributed by atoms with Crippen LogP contribution in [0.4, 0.5) is 4.79 Å². The molecule has 0 aromatic carbocycles. The highest BCUT2D eigenvalue weighted by molar-refractivity contribution is 5.96. The molecule has 0 atom stereocenters. The Labute approximate surface area is 51.9 Å². The lowest BCUT2D eigenvalue weighted by Crippen LogP contribution is -2.46. The second kappa shape index (κ2) is 1.81. The molecule has 0 aromatic heterocycles. The molecule has 0 saturated carbocycles. The average molecular weight is 118 g/mol. The van der Waals surface area contributed by atoms with Crippen molar-refractivity contribution < 1.29 is 15.1 Å². The molecule has 1 aliphatic heterocycles. The summed E-state index contributed by atoms with van der Waals surface area (Å²) in [5, 5.41) is 3.28. The molecule has 0 unspecified atom stereocenters. The summed E-state index contributed by atoms with van der Waals surface area (Å²) in [7, 11) is 0. The van der Waals surface area contributed by atoms with Crippen LogP contribution in [-0.2, 0) is 4.79 Å². The fraction of sp³-hybridized carbons (Fsp3) is 0.500. The van der Waals surface area contributed by atoms with E-state index in [1.807, 2.05) is 0 Å². The lowest BCUT2D eigenvalue weighted by atomic mass is 10.3. The lowest BCUT2D eigenvalue weighted by molar-refractivity contribution is -0.120. The predicted molar refractivity (Wildman–Crippen MR) is 26.2 cm³/mol. The van der Waals surface area contributed by atoms with Gasteiger partial charge in [0.05, 0.1) is 0 Å². The van der Waals surface area contributed by atoms with Crippen molar-refractivity contribution in [2.45, 2.75) is 6.37 Å². The molecular weight excluding hydrogens is 108 g/mol. The van der Waals surface area contributed by atoms with E-state index < -0.39 is 24.8 Å². The van der Waals surface area contributed by atoms with Gasteiger partial charge in [0.2, 0.25) is 5.91 Å². The van der Waals surface area contributed by atoms with E-state index in [4.69, 9.17) is 5.48 Å². The molecule has 0 radical (unpaired) electrons. The van der Waals surface area contributed by atoms with E-state index in [2.05, 4.69) is 0 Å². The molecule has 0 aliphatic carbocycles. The van der Waals surface area contributed by atoms with Crippen molar-refractivity contribution in [1.82, 2.24) is 10.6 Å². The number of hydrogen-bond donors (Lipinski definition) is 2. The number of carbonyl (C=O) groups excluding carboxylic acids is 2. The Morgan fingerprint density at radius 1 is 1.62 bits per heavy atom. The molecule has 1 heterocycles. The first kappa shape index (κ1) is 2.05. The number of nitrogens with one attached hydrogen (secondary N) is 2. The molecule has 0 spiro atoms. The van der Waals surface area contributed by atoms with Crippen LogP contribution in [0.15, 0.2) is 0 Å². The zero-order chi connectivity index (χ0) is 9.57. The Hall–Kier alpha value is -1.06. The standard InChI is InChI=1S/C4H6N2O2/c7-3-1-2-5-4(8)6-3/h1-2H2,(H2,5,6,7,8)/i1D2,2D2. The third kappa shape index (κ3) is 0.959. The van der Waals surface area contributed by atoms with Gasteiger partial charge in [-0.25, -0.2) is 4.79 Å². The van der Waals surface area contributed by atoms with Crippen molar-refractivity contribution in [2.24, 2.45) is 0 Å². The second-order valence-electron chi connectivity index (χ2n) is 1.16. The van der Waals surface area contributed by atoms with Crippen LogP contribution in [0.1, 0.15) is 11.9 Å². The third-order valence-electron chi connectivity index (χ3n) is 0.579. The van der Waals surface area contributed by atoms with E-state index in [1.54, 1.807) is 10.6 Å². The normalized spacial score (nSPS) is 39.5. The first-order valence-corrected chi connectivity index (χ1v) is 1.91. The number of amides is 3. The Bertz CT molecular complexity index is 251. The van der Waals surface area contributed by atoms with Crippen molar-refractivity contribution in [3.05, 3.63) is 0 Å². The molecule has 1 saturated heterocycles. The van der Waals surface area contributed by atoms with E-state index >= 15 is 0 Å². The number of urea groups is 1. The Balaban J connectivity index is 3.02. The van der Waals surface area contributed by atoms with E-state index in [-0.39, 0.29) is 0 Å². The van der Waals surface area contributed by atoms with Gasteiger partial charge in [0.25, 0.3) is 0 Å². The van der Waals surface area contributed by atoms with Gasteiger partial charge in [-0.05, 0) is 0 Å². The third-order valence-corrected chi connectivity index (χ3v) is 0.579. The van der Waals surface area contributed by atoms with Crippen molar-refractivity contribution in [3.63, 3.8) is 0 Å². The second-order valence-corrected chi connectivity index (χ2v) is 1.16. The number of imide groups is 1. The summed E-state index contributed by atoms with van der Waals surface area (Å²) in [4.78, 5) is 21.3. The number of carbonyl (C=O) groups is 2. The maximum absolute atomic E-state index is 10.8. The fourth-order valence-electron chi connectivity index (χ4n) is 0.310. The Morgan fingerprint density at radius 3 is 3.00 bits per heavy atom. The molecule has 4 heteroatoms. The average Bonchev–Trinajstić information content (AvgIpc) is 1.82. The highest BCUT2D eigenvalue weighted by atomic mass is 16.2. The number of rotatable bonds is 0. The molecular formula is C4H6N2O2. The molecule has 2 N–H and O–H groups in total. The van der Waals surface area contributed by atoms with Crippen LogP contribution in [0.2, 0.25) is 0 Å². The predicted octanol–water partition coefficient (Wildman–Crippen LogP) is -0.784. The van der Waals surface area contributed by atoms with Crippen molar-refractivity contribution in [3.8, 4) is 0 Å². The van der Waals surface area contributed by atoms with Gasteiger partial charge in [-0.15, -0.1) is 0 Å². The maximum atomic E-state index is 10.8. The van der Waals surface area contributed by atoms with Gasteiger partial charge in [-0.2, -0.15) is 0 Å². The van der Waals surface area contributed by atoms with Crippen LogP contribution in [0, 0.1) is 0 Å². The van der Waals surface area contributed by atoms with E-state index in [0.717, 1.165) is 0 Å². The van der Waals surface area contributed by atoms with Gasteiger partial charge in [0.15, 0.2) is 0 Å². The highest BCUT2D eigenvalue weighted by Crippen LogP contribution is 1.82. The van der Waals surface area contributed by atoms with Gasteiger partial charge in [-0.1, -0.05) is 0 Å². The summed E-state index contributed by atoms with van der Waals surface area (Å²) in [6.45, 7) is -2.66. The molecule has 0 bridgehead atoms. The van der Waals surface area contributed by atoms with Gasteiger partial charge in [0, 0.05) is 18.4 Å². The molecule has 3 amide bonds. The molecule has 8 heavy (non-hydrogen) atoms. The molecule has 1 fully saturated rings. The van der Waals surface area contributed by atoms with Crippen LogP contribution in [0.5, 0.6) is 0 Å². The van der Waals surface area contributed by atoms with Gasteiger partial charge < -0.3 is 5.32 Å². The quantitative estimate of drug-likeness (QED) is 0.438. The first-order chi connectivity index (χ1) is 5.27. The van der Waals surface area contributed by atoms with Crippen LogP contribution in [0.25, 0.3) is 0 Å². The lowest BCUT2D eigenvalue weighted by Gasteiger charge is -2.10. The number of hydrogen-bond acceptors (Lipinski definition) is 2. The van der Waals surface area contributed by atoms with Crippen LogP contribution in [-0.4, -0.2) is 18.4 Å². The molecule has 1 rings (SSSR count). The van der Waals surface area contributed by atoms with Crippen LogP contribution in [0.3, 0.4) is 0 Å². The summed E-state index contributed by atoms with van der Waals surface area (Å²) in [5.41, 5.74) is 0. The molecule has 0 aromatic rings. The maximum Gasteiger partial charge on any atom is 0.321 e. The Kier molecular flexibility index (Phi) is 0.464. The van der Waals surface area contributed by atoms with E-state index in [1.165, 1.54) is 0 Å². The molecule has 44 valence electrons. The van der Waals surface area contributed by atoms with Gasteiger partial charge in [-0.3, -0.25) is 10.1 Å². The largest absolute Gasteiger partial charge is 0.337 e. The minimum absolute atomic E-state index is 1.03. The van der Waals surface area contributed by atoms with Gasteiger partial charge >= 0.3 is 6.03 Å². The summed E-state index contributed by atoms with van der Waals surface area (Å²) >= 11 is 0. The summed E-state index contributed by atoms with van der Waals surface area (Å²) in [6.07, 6.45) is -2.74. The SMILES string of the molecule is [2H]C1([2H])NC(=O)NC(=O)C1([2H])[2H]. The molecule has 1 aliphatic rings. The van der Waals surface area contributed by atoms with Crippen LogP contribution >= 0.6 is 0 Å². The summed E-state index contributed by atoms with van der Waals surface area (Å²) in [6, 6.07) is -1.03. The van der Waals surface area contributed by atoms with E-state index in [0.29, 0.717) is 0 Å². The summed E-state index contributed by atoms with van der Waals surface area (Å²) in [5.74, 6) is -1.27. The topological polar surface area (TPSA) is 58.2 Å². The van der Waals surface area contributed by atoms with Crippen molar-refractivity contribution >= 4 is 11.9 Å². The minimum Gasteiger partial charge on any atom is -0.337 e. The fourth-order valence-corrected chi connectivity index (χ4v) is 0.310. The van der Waals surface area contributed by atoms with Gasteiger partial charge in [0.1, 0.15) is 0 Å².